The van der Waals surface area contributed by atoms with Gasteiger partial charge in [-0.05, 0) is 12.5 Å². The third-order valence-corrected chi connectivity index (χ3v) is 2.25. The Kier molecular flexibility index (Phi) is 2.54. The Morgan fingerprint density at radius 1 is 1.43 bits per heavy atom. The van der Waals surface area contributed by atoms with Gasteiger partial charge in [0.15, 0.2) is 11.5 Å². The lowest BCUT2D eigenvalue weighted by atomic mass is 10.0. The van der Waals surface area contributed by atoms with E-state index in [0.717, 1.165) is 5.56 Å². The van der Waals surface area contributed by atoms with Crippen LogP contribution in [0.25, 0.3) is 0 Å². The van der Waals surface area contributed by atoms with Gasteiger partial charge in [0.05, 0.1) is 6.67 Å². The van der Waals surface area contributed by atoms with Crippen molar-refractivity contribution in [3.63, 3.8) is 0 Å². The van der Waals surface area contributed by atoms with E-state index in [-0.39, 0.29) is 12.8 Å². The summed E-state index contributed by atoms with van der Waals surface area (Å²) in [6.07, 6.45) is 0.305. The summed E-state index contributed by atoms with van der Waals surface area (Å²) in [5, 5.41) is 0. The maximum absolute atomic E-state index is 12.1. The lowest BCUT2D eigenvalue weighted by Crippen LogP contribution is -2.11. The molecule has 0 fully saturated rings. The summed E-state index contributed by atoms with van der Waals surface area (Å²) in [4.78, 5) is 0. The highest BCUT2D eigenvalue weighted by Gasteiger charge is 2.20. The first-order valence-electron chi connectivity index (χ1n) is 4.53. The number of alkyl halides is 1. The Hall–Kier alpha value is -1.29. The molecule has 0 bridgehead atoms. The number of fused-ring (bicyclic) bond motifs is 1. The highest BCUT2D eigenvalue weighted by molar-refractivity contribution is 5.49. The fraction of sp³-hybridized carbons (Fsp3) is 0.400. The maximum atomic E-state index is 12.1. The van der Waals surface area contributed by atoms with Crippen molar-refractivity contribution in [1.29, 1.82) is 0 Å². The minimum absolute atomic E-state index is 0.217. The number of hydrogen-bond acceptors (Lipinski definition) is 3. The Bertz CT molecular complexity index is 330. The molecule has 1 aliphatic heterocycles. The minimum Gasteiger partial charge on any atom is -0.454 e. The van der Waals surface area contributed by atoms with E-state index in [2.05, 4.69) is 0 Å². The van der Waals surface area contributed by atoms with Gasteiger partial charge >= 0.3 is 0 Å². The topological polar surface area (TPSA) is 44.5 Å². The number of halogens is 1. The van der Waals surface area contributed by atoms with Crippen LogP contribution >= 0.6 is 0 Å². The number of rotatable bonds is 3. The molecule has 0 aromatic heterocycles. The van der Waals surface area contributed by atoms with Crippen LogP contribution in [0.5, 0.6) is 11.5 Å². The van der Waals surface area contributed by atoms with Crippen molar-refractivity contribution in [3.8, 4) is 11.5 Å². The van der Waals surface area contributed by atoms with Gasteiger partial charge < -0.3 is 15.2 Å². The fourth-order valence-electron chi connectivity index (χ4n) is 1.52. The fourth-order valence-corrected chi connectivity index (χ4v) is 1.52. The van der Waals surface area contributed by atoms with E-state index in [9.17, 15) is 4.39 Å². The summed E-state index contributed by atoms with van der Waals surface area (Å²) >= 11 is 0. The second-order valence-electron chi connectivity index (χ2n) is 3.17. The molecule has 1 heterocycles. The first-order chi connectivity index (χ1) is 6.83. The molecule has 2 rings (SSSR count). The molecule has 0 radical (unpaired) electrons. The zero-order valence-electron chi connectivity index (χ0n) is 7.70. The van der Waals surface area contributed by atoms with Crippen LogP contribution in [0.1, 0.15) is 18.0 Å². The first-order valence-corrected chi connectivity index (χ1v) is 4.53. The Balaban J connectivity index is 2.29. The van der Waals surface area contributed by atoms with Gasteiger partial charge in [-0.2, -0.15) is 0 Å². The van der Waals surface area contributed by atoms with Crippen LogP contribution < -0.4 is 15.2 Å². The molecule has 1 aromatic rings. The van der Waals surface area contributed by atoms with Gasteiger partial charge in [0.1, 0.15) is 0 Å². The second kappa shape index (κ2) is 3.84. The predicted molar refractivity (Wildman–Crippen MR) is 50.1 cm³/mol. The van der Waals surface area contributed by atoms with E-state index in [1.165, 1.54) is 0 Å². The smallest absolute Gasteiger partial charge is 0.231 e. The summed E-state index contributed by atoms with van der Waals surface area (Å²) in [5.41, 5.74) is 6.62. The van der Waals surface area contributed by atoms with Crippen LogP contribution in [0.15, 0.2) is 18.2 Å². The summed E-state index contributed by atoms with van der Waals surface area (Å²) in [7, 11) is 0. The van der Waals surface area contributed by atoms with Crippen molar-refractivity contribution in [2.45, 2.75) is 12.5 Å². The molecule has 0 aliphatic carbocycles. The molecule has 3 nitrogen and oxygen atoms in total. The SMILES string of the molecule is N[C@H](CCF)c1cccc2c1OCO2. The highest BCUT2D eigenvalue weighted by atomic mass is 19.1. The van der Waals surface area contributed by atoms with E-state index in [1.54, 1.807) is 0 Å². The van der Waals surface area contributed by atoms with Gasteiger partial charge in [-0.25, -0.2) is 0 Å². The van der Waals surface area contributed by atoms with E-state index < -0.39 is 6.67 Å². The lowest BCUT2D eigenvalue weighted by molar-refractivity contribution is 0.173. The molecule has 0 saturated carbocycles. The van der Waals surface area contributed by atoms with Crippen LogP contribution in [0.2, 0.25) is 0 Å². The maximum Gasteiger partial charge on any atom is 0.231 e. The Morgan fingerprint density at radius 3 is 3.07 bits per heavy atom. The number of hydrogen-bond donors (Lipinski definition) is 1. The van der Waals surface area contributed by atoms with Gasteiger partial charge in [0.25, 0.3) is 0 Å². The normalized spacial score (nSPS) is 15.6. The van der Waals surface area contributed by atoms with Crippen molar-refractivity contribution >= 4 is 0 Å². The van der Waals surface area contributed by atoms with Crippen molar-refractivity contribution in [3.05, 3.63) is 23.8 Å². The molecule has 4 heteroatoms. The number of ether oxygens (including phenoxy) is 2. The van der Waals surface area contributed by atoms with Gasteiger partial charge in [0, 0.05) is 11.6 Å². The highest BCUT2D eigenvalue weighted by Crippen LogP contribution is 2.38. The summed E-state index contributed by atoms with van der Waals surface area (Å²) < 4.78 is 22.6. The molecule has 0 spiro atoms. The van der Waals surface area contributed by atoms with Crippen molar-refractivity contribution in [2.75, 3.05) is 13.5 Å². The average Bonchev–Trinajstić information content (AvgIpc) is 2.65. The predicted octanol–water partition coefficient (Wildman–Crippen LogP) is 1.77. The van der Waals surface area contributed by atoms with Crippen molar-refractivity contribution in [2.24, 2.45) is 5.73 Å². The van der Waals surface area contributed by atoms with Gasteiger partial charge in [-0.3, -0.25) is 4.39 Å². The van der Waals surface area contributed by atoms with Crippen LogP contribution in [-0.4, -0.2) is 13.5 Å². The second-order valence-corrected chi connectivity index (χ2v) is 3.17. The summed E-state index contributed by atoms with van der Waals surface area (Å²) in [6, 6.07) is 5.17. The molecule has 14 heavy (non-hydrogen) atoms. The third-order valence-electron chi connectivity index (χ3n) is 2.25. The number of benzene rings is 1. The Labute approximate surface area is 81.6 Å². The largest absolute Gasteiger partial charge is 0.454 e. The van der Waals surface area contributed by atoms with Crippen molar-refractivity contribution < 1.29 is 13.9 Å². The van der Waals surface area contributed by atoms with E-state index >= 15 is 0 Å². The molecule has 1 aromatic carbocycles. The van der Waals surface area contributed by atoms with Crippen LogP contribution in [0, 0.1) is 0 Å². The number of nitrogens with two attached hydrogens (primary N) is 1. The van der Waals surface area contributed by atoms with E-state index in [0.29, 0.717) is 17.9 Å². The molecular formula is C10H12FNO2. The van der Waals surface area contributed by atoms with E-state index in [4.69, 9.17) is 15.2 Å². The van der Waals surface area contributed by atoms with Crippen LogP contribution in [-0.2, 0) is 0 Å². The molecule has 0 saturated heterocycles. The number of para-hydroxylation sites is 1. The molecule has 76 valence electrons. The zero-order chi connectivity index (χ0) is 9.97. The third kappa shape index (κ3) is 1.53. The van der Waals surface area contributed by atoms with Crippen LogP contribution in [0.4, 0.5) is 4.39 Å². The molecular weight excluding hydrogens is 185 g/mol. The summed E-state index contributed by atoms with van der Waals surface area (Å²) in [6.45, 7) is -0.208. The molecule has 2 N–H and O–H groups in total. The Morgan fingerprint density at radius 2 is 2.29 bits per heavy atom. The average molecular weight is 197 g/mol. The van der Waals surface area contributed by atoms with Crippen molar-refractivity contribution in [1.82, 2.24) is 0 Å². The molecule has 1 aliphatic rings. The quantitative estimate of drug-likeness (QED) is 0.803. The monoisotopic (exact) mass is 197 g/mol. The van der Waals surface area contributed by atoms with Gasteiger partial charge in [-0.15, -0.1) is 0 Å². The van der Waals surface area contributed by atoms with Gasteiger partial charge in [-0.1, -0.05) is 12.1 Å². The zero-order valence-corrected chi connectivity index (χ0v) is 7.70. The molecule has 0 amide bonds. The minimum atomic E-state index is -0.425. The van der Waals surface area contributed by atoms with Crippen LogP contribution in [0.3, 0.4) is 0 Å². The molecule has 0 unspecified atom stereocenters. The van der Waals surface area contributed by atoms with E-state index in [1.807, 2.05) is 18.2 Å². The first kappa shape index (κ1) is 9.27. The standard InChI is InChI=1S/C10H12FNO2/c11-5-4-8(12)7-2-1-3-9-10(7)14-6-13-9/h1-3,8H,4-6,12H2/t8-/m1/s1. The summed E-state index contributed by atoms with van der Waals surface area (Å²) in [5.74, 6) is 1.35. The lowest BCUT2D eigenvalue weighted by Gasteiger charge is -2.11. The van der Waals surface area contributed by atoms with Gasteiger partial charge in [0.2, 0.25) is 6.79 Å². The molecule has 1 atom stereocenters.